The molecule has 6 heteroatoms. The van der Waals surface area contributed by atoms with Gasteiger partial charge in [0.15, 0.2) is 5.76 Å². The molecule has 2 fully saturated rings. The van der Waals surface area contributed by atoms with Crippen LogP contribution < -0.4 is 10.1 Å². The molecule has 0 unspecified atom stereocenters. The van der Waals surface area contributed by atoms with E-state index in [-0.39, 0.29) is 0 Å². The molecule has 0 saturated carbocycles. The third-order valence-electron chi connectivity index (χ3n) is 7.74. The molecule has 2 aliphatic heterocycles. The topological polar surface area (TPSA) is 67.6 Å². The van der Waals surface area contributed by atoms with Crippen LogP contribution in [0.5, 0.6) is 5.75 Å². The summed E-state index contributed by atoms with van der Waals surface area (Å²) in [5.74, 6) is 3.29. The molecule has 1 aromatic heterocycles. The Morgan fingerprint density at radius 2 is 1.72 bits per heavy atom. The van der Waals surface area contributed by atoms with Crippen LogP contribution in [0.2, 0.25) is 0 Å². The molecule has 2 aliphatic rings. The van der Waals surface area contributed by atoms with Gasteiger partial charge in [-0.2, -0.15) is 0 Å². The van der Waals surface area contributed by atoms with E-state index in [0.29, 0.717) is 36.7 Å². The van der Waals surface area contributed by atoms with E-state index in [9.17, 15) is 4.79 Å². The quantitative estimate of drug-likeness (QED) is 0.465. The van der Waals surface area contributed by atoms with Gasteiger partial charge in [0.25, 0.3) is 0 Å². The average Bonchev–Trinajstić information content (AvgIpc) is 3.37. The third-order valence-corrected chi connectivity index (χ3v) is 7.74. The molecule has 0 spiro atoms. The van der Waals surface area contributed by atoms with Gasteiger partial charge in [-0.3, -0.25) is 4.79 Å². The predicted molar refractivity (Wildman–Crippen MR) is 140 cm³/mol. The van der Waals surface area contributed by atoms with Crippen LogP contribution in [0.15, 0.2) is 71.3 Å². The van der Waals surface area contributed by atoms with E-state index in [4.69, 9.17) is 9.26 Å². The fraction of sp³-hybridized carbons (Fsp3) is 0.467. The average molecular weight is 488 g/mol. The number of nitrogens with one attached hydrogen (secondary N) is 1. The zero-order chi connectivity index (χ0) is 24.6. The van der Waals surface area contributed by atoms with Gasteiger partial charge in [-0.15, -0.1) is 0 Å². The number of nitrogens with zero attached hydrogens (tertiary/aromatic N) is 2. The van der Waals surface area contributed by atoms with Crippen molar-refractivity contribution in [2.45, 2.75) is 45.1 Å². The number of hydrogen-bond acceptors (Lipinski definition) is 5. The van der Waals surface area contributed by atoms with E-state index >= 15 is 0 Å². The Hall–Kier alpha value is -3.12. The number of hydrogen-bond donors (Lipinski definition) is 1. The molecule has 3 heterocycles. The second-order valence-electron chi connectivity index (χ2n) is 10.3. The number of para-hydroxylation sites is 1. The Kier molecular flexibility index (Phi) is 8.34. The van der Waals surface area contributed by atoms with Crippen LogP contribution in [-0.2, 0) is 24.2 Å². The largest absolute Gasteiger partial charge is 0.486 e. The van der Waals surface area contributed by atoms with Crippen LogP contribution in [0.25, 0.3) is 0 Å². The Morgan fingerprint density at radius 1 is 0.972 bits per heavy atom. The normalized spacial score (nSPS) is 20.8. The standard InChI is InChI=1S/C30H37N3O3/c34-30(33-15-12-24(13-16-33)17-23-7-3-1-4-8-23)19-25-11-14-31-21-26(25)18-27-20-29(36-32-27)22-35-28-9-5-2-6-10-28/h1-10,20,24-26,31H,11-19,21-22H2/t25-,26+/m1/s1. The number of likely N-dealkylation sites (tertiary alicyclic amines) is 1. The molecule has 1 amide bonds. The Labute approximate surface area is 214 Å². The summed E-state index contributed by atoms with van der Waals surface area (Å²) in [7, 11) is 0. The van der Waals surface area contributed by atoms with Crippen molar-refractivity contribution in [3.05, 3.63) is 83.7 Å². The molecule has 190 valence electrons. The van der Waals surface area contributed by atoms with Gasteiger partial charge in [0.1, 0.15) is 12.4 Å². The summed E-state index contributed by atoms with van der Waals surface area (Å²) in [6.07, 6.45) is 5.81. The fourth-order valence-corrected chi connectivity index (χ4v) is 5.63. The number of amides is 1. The maximum atomic E-state index is 13.2. The Morgan fingerprint density at radius 3 is 2.50 bits per heavy atom. The number of carbonyl (C=O) groups is 1. The van der Waals surface area contributed by atoms with E-state index in [1.54, 1.807) is 0 Å². The zero-order valence-corrected chi connectivity index (χ0v) is 21.0. The number of ether oxygens (including phenoxy) is 1. The van der Waals surface area contributed by atoms with Crippen molar-refractivity contribution in [3.63, 3.8) is 0 Å². The first-order valence-corrected chi connectivity index (χ1v) is 13.4. The summed E-state index contributed by atoms with van der Waals surface area (Å²) in [5.41, 5.74) is 2.34. The fourth-order valence-electron chi connectivity index (χ4n) is 5.63. The van der Waals surface area contributed by atoms with E-state index in [1.165, 1.54) is 5.56 Å². The van der Waals surface area contributed by atoms with Gasteiger partial charge in [0.2, 0.25) is 5.91 Å². The van der Waals surface area contributed by atoms with E-state index < -0.39 is 0 Å². The summed E-state index contributed by atoms with van der Waals surface area (Å²) in [4.78, 5) is 15.3. The summed E-state index contributed by atoms with van der Waals surface area (Å²) in [6, 6.07) is 22.4. The SMILES string of the molecule is O=C(C[C@H]1CCNC[C@@H]1Cc1cc(COc2ccccc2)on1)N1CCC(Cc2ccccc2)CC1. The molecule has 2 aromatic carbocycles. The van der Waals surface area contributed by atoms with Crippen molar-refractivity contribution in [1.82, 2.24) is 15.4 Å². The van der Waals surface area contributed by atoms with Gasteiger partial charge < -0.3 is 19.5 Å². The first kappa shape index (κ1) is 24.6. The Bertz CT molecular complexity index is 1080. The molecular weight excluding hydrogens is 450 g/mol. The minimum atomic E-state index is 0.321. The van der Waals surface area contributed by atoms with Crippen LogP contribution in [0, 0.1) is 17.8 Å². The van der Waals surface area contributed by atoms with Crippen molar-refractivity contribution in [2.75, 3.05) is 26.2 Å². The van der Waals surface area contributed by atoms with Gasteiger partial charge >= 0.3 is 0 Å². The number of benzene rings is 2. The van der Waals surface area contributed by atoms with E-state index in [0.717, 1.165) is 75.5 Å². The molecule has 1 N–H and O–H groups in total. The zero-order valence-electron chi connectivity index (χ0n) is 21.0. The first-order chi connectivity index (χ1) is 17.7. The highest BCUT2D eigenvalue weighted by Gasteiger charge is 2.31. The monoisotopic (exact) mass is 487 g/mol. The minimum absolute atomic E-state index is 0.321. The van der Waals surface area contributed by atoms with Crippen LogP contribution in [0.3, 0.4) is 0 Å². The van der Waals surface area contributed by atoms with Crippen molar-refractivity contribution in [1.29, 1.82) is 0 Å². The second-order valence-corrected chi connectivity index (χ2v) is 10.3. The van der Waals surface area contributed by atoms with E-state index in [1.807, 2.05) is 36.4 Å². The molecule has 6 nitrogen and oxygen atoms in total. The first-order valence-electron chi connectivity index (χ1n) is 13.4. The van der Waals surface area contributed by atoms with Crippen molar-refractivity contribution >= 4 is 5.91 Å². The molecule has 0 aliphatic carbocycles. The second kappa shape index (κ2) is 12.2. The van der Waals surface area contributed by atoms with Gasteiger partial charge in [0.05, 0.1) is 5.69 Å². The molecule has 2 atom stereocenters. The number of rotatable bonds is 9. The molecular formula is C30H37N3O3. The van der Waals surface area contributed by atoms with Crippen LogP contribution in [0.1, 0.15) is 42.7 Å². The van der Waals surface area contributed by atoms with Gasteiger partial charge in [-0.05, 0) is 80.6 Å². The highest BCUT2D eigenvalue weighted by molar-refractivity contribution is 5.76. The van der Waals surface area contributed by atoms with Gasteiger partial charge in [-0.25, -0.2) is 0 Å². The lowest BCUT2D eigenvalue weighted by atomic mass is 9.80. The van der Waals surface area contributed by atoms with E-state index in [2.05, 4.69) is 45.7 Å². The third kappa shape index (κ3) is 6.76. The van der Waals surface area contributed by atoms with Gasteiger partial charge in [0, 0.05) is 25.6 Å². The van der Waals surface area contributed by atoms with Crippen molar-refractivity contribution in [3.8, 4) is 5.75 Å². The maximum Gasteiger partial charge on any atom is 0.222 e. The molecule has 36 heavy (non-hydrogen) atoms. The maximum absolute atomic E-state index is 13.2. The lowest BCUT2D eigenvalue weighted by molar-refractivity contribution is -0.134. The van der Waals surface area contributed by atoms with Crippen molar-refractivity contribution in [2.24, 2.45) is 17.8 Å². The van der Waals surface area contributed by atoms with Crippen LogP contribution in [-0.4, -0.2) is 42.1 Å². The lowest BCUT2D eigenvalue weighted by Crippen LogP contribution is -2.43. The smallest absolute Gasteiger partial charge is 0.222 e. The molecule has 3 aromatic rings. The van der Waals surface area contributed by atoms with Gasteiger partial charge in [-0.1, -0.05) is 53.7 Å². The highest BCUT2D eigenvalue weighted by Crippen LogP contribution is 2.29. The predicted octanol–water partition coefficient (Wildman–Crippen LogP) is 4.89. The van der Waals surface area contributed by atoms with Crippen molar-refractivity contribution < 1.29 is 14.1 Å². The summed E-state index contributed by atoms with van der Waals surface area (Å²) >= 11 is 0. The summed E-state index contributed by atoms with van der Waals surface area (Å²) in [6.45, 7) is 4.03. The molecule has 0 bridgehead atoms. The highest BCUT2D eigenvalue weighted by atomic mass is 16.5. The minimum Gasteiger partial charge on any atom is -0.486 e. The van der Waals surface area contributed by atoms with Crippen LogP contribution in [0.4, 0.5) is 0 Å². The number of aromatic nitrogens is 1. The lowest BCUT2D eigenvalue weighted by Gasteiger charge is -2.36. The number of piperidine rings is 2. The Balaban J connectivity index is 1.09. The molecule has 0 radical (unpaired) electrons. The molecule has 5 rings (SSSR count). The summed E-state index contributed by atoms with van der Waals surface area (Å²) in [5, 5.41) is 7.80. The van der Waals surface area contributed by atoms with Crippen LogP contribution >= 0.6 is 0 Å². The summed E-state index contributed by atoms with van der Waals surface area (Å²) < 4.78 is 11.3. The molecule has 2 saturated heterocycles. The number of carbonyl (C=O) groups excluding carboxylic acids is 1.